The minimum absolute atomic E-state index is 0.0292. The van der Waals surface area contributed by atoms with Crippen LogP contribution in [0.3, 0.4) is 0 Å². The van der Waals surface area contributed by atoms with E-state index in [0.29, 0.717) is 23.9 Å². The quantitative estimate of drug-likeness (QED) is 0.0213. The SMILES string of the molecule is CC/C=C/C/C=C/C/C=C/CCCCCCC(=O)OC(/C=C/CCCCCCCCCCCCC)C(COP(=O)([O-])OCC[N+](C)(C)C)NC(=O)CCCCCCC/C=C\CCCC. The summed E-state index contributed by atoms with van der Waals surface area (Å²) in [6, 6.07) is -0.900. The number of carbonyl (C=O) groups is 2. The zero-order valence-electron chi connectivity index (χ0n) is 42.2. The molecule has 9 nitrogen and oxygen atoms in total. The second kappa shape index (κ2) is 44.5. The molecule has 0 spiro atoms. The predicted octanol–water partition coefficient (Wildman–Crippen LogP) is 14.5. The first kappa shape index (κ1) is 61.7. The fourth-order valence-corrected chi connectivity index (χ4v) is 7.83. The van der Waals surface area contributed by atoms with Gasteiger partial charge in [0.25, 0.3) is 7.82 Å². The second-order valence-corrected chi connectivity index (χ2v) is 20.0. The molecule has 10 heteroatoms. The molecule has 0 radical (unpaired) electrons. The molecule has 3 unspecified atom stereocenters. The Morgan fingerprint density at radius 3 is 1.56 bits per heavy atom. The molecule has 0 saturated heterocycles. The number of allylic oxidation sites excluding steroid dienone is 9. The molecule has 0 aromatic heterocycles. The topological polar surface area (TPSA) is 114 Å². The standard InChI is InChI=1S/C54H99N2O7P/c1-7-10-13-16-19-22-25-27-29-32-35-38-41-44-47-54(58)63-52(45-42-39-36-33-31-28-26-23-20-17-14-11-8-2)51(50-62-64(59,60)61-49-48-56(4,5)6)55-53(57)46-43-40-37-34-30-24-21-18-15-12-9-3/h10,13,18-19,21-22,27,29,42,45,51-52H,7-9,11-12,14-17,20,23-26,28,30-41,43-44,46-50H2,1-6H3,(H-,55,57,59,60)/b13-10+,21-18-,22-19+,29-27+,45-42+. The summed E-state index contributed by atoms with van der Waals surface area (Å²) in [7, 11) is 1.16. The molecule has 0 aliphatic carbocycles. The molecular formula is C54H99N2O7P. The van der Waals surface area contributed by atoms with Gasteiger partial charge in [-0.15, -0.1) is 0 Å². The first-order valence-corrected chi connectivity index (χ1v) is 27.6. The summed E-state index contributed by atoms with van der Waals surface area (Å²) in [6.07, 6.45) is 53.3. The lowest BCUT2D eigenvalue weighted by Gasteiger charge is -2.30. The summed E-state index contributed by atoms with van der Waals surface area (Å²) >= 11 is 0. The Balaban J connectivity index is 5.49. The van der Waals surface area contributed by atoms with Crippen LogP contribution in [0.5, 0.6) is 0 Å². The summed E-state index contributed by atoms with van der Waals surface area (Å²) in [5.41, 5.74) is 0. The largest absolute Gasteiger partial charge is 0.756 e. The average Bonchev–Trinajstić information content (AvgIpc) is 3.25. The average molecular weight is 919 g/mol. The van der Waals surface area contributed by atoms with E-state index < -0.39 is 26.6 Å². The van der Waals surface area contributed by atoms with Gasteiger partial charge in [-0.3, -0.25) is 14.2 Å². The highest BCUT2D eigenvalue weighted by atomic mass is 31.2. The maximum Gasteiger partial charge on any atom is 0.306 e. The number of unbranched alkanes of at least 4 members (excludes halogenated alkanes) is 22. The Kier molecular flexibility index (Phi) is 42.9. The Bertz CT molecular complexity index is 1290. The van der Waals surface area contributed by atoms with Crippen molar-refractivity contribution in [2.75, 3.05) is 40.9 Å². The Labute approximate surface area is 394 Å². The number of phosphoric acid groups is 1. The lowest BCUT2D eigenvalue weighted by molar-refractivity contribution is -0.870. The molecule has 0 rings (SSSR count). The predicted molar refractivity (Wildman–Crippen MR) is 270 cm³/mol. The molecule has 372 valence electrons. The molecule has 64 heavy (non-hydrogen) atoms. The van der Waals surface area contributed by atoms with Crippen LogP contribution in [0.15, 0.2) is 60.8 Å². The first-order chi connectivity index (χ1) is 30.9. The normalized spacial score (nSPS) is 14.4. The number of hydrogen-bond acceptors (Lipinski definition) is 7. The molecule has 0 bridgehead atoms. The van der Waals surface area contributed by atoms with E-state index in [1.165, 1.54) is 70.6 Å². The number of rotatable bonds is 46. The van der Waals surface area contributed by atoms with Crippen LogP contribution in [0.25, 0.3) is 0 Å². The third-order valence-corrected chi connectivity index (χ3v) is 12.1. The number of esters is 1. The van der Waals surface area contributed by atoms with Gasteiger partial charge in [-0.2, -0.15) is 0 Å². The molecule has 0 aromatic carbocycles. The van der Waals surface area contributed by atoms with E-state index in [1.54, 1.807) is 0 Å². The van der Waals surface area contributed by atoms with Crippen LogP contribution in [-0.4, -0.2) is 69.4 Å². The molecule has 1 amide bonds. The Morgan fingerprint density at radius 2 is 1.02 bits per heavy atom. The monoisotopic (exact) mass is 919 g/mol. The van der Waals surface area contributed by atoms with Gasteiger partial charge in [0.05, 0.1) is 33.8 Å². The van der Waals surface area contributed by atoms with E-state index in [9.17, 15) is 19.0 Å². The fraction of sp³-hybridized carbons (Fsp3) is 0.778. The summed E-state index contributed by atoms with van der Waals surface area (Å²) < 4.78 is 30.1. The highest BCUT2D eigenvalue weighted by molar-refractivity contribution is 7.45. The molecule has 3 atom stereocenters. The number of ether oxygens (including phenoxy) is 1. The van der Waals surface area contributed by atoms with Crippen molar-refractivity contribution in [3.63, 3.8) is 0 Å². The maximum atomic E-state index is 13.4. The second-order valence-electron chi connectivity index (χ2n) is 18.6. The number of nitrogens with one attached hydrogen (secondary N) is 1. The van der Waals surface area contributed by atoms with E-state index >= 15 is 0 Å². The van der Waals surface area contributed by atoms with Crippen molar-refractivity contribution in [3.8, 4) is 0 Å². The van der Waals surface area contributed by atoms with Crippen molar-refractivity contribution in [2.45, 2.75) is 232 Å². The van der Waals surface area contributed by atoms with Crippen LogP contribution in [0, 0.1) is 0 Å². The number of nitrogens with zero attached hydrogens (tertiary/aromatic N) is 1. The molecule has 0 saturated carbocycles. The van der Waals surface area contributed by atoms with Crippen molar-refractivity contribution >= 4 is 19.7 Å². The number of quaternary nitrogens is 1. The minimum Gasteiger partial charge on any atom is -0.756 e. The molecule has 0 aromatic rings. The van der Waals surface area contributed by atoms with Crippen LogP contribution < -0.4 is 10.2 Å². The van der Waals surface area contributed by atoms with Crippen molar-refractivity contribution in [1.82, 2.24) is 5.32 Å². The highest BCUT2D eigenvalue weighted by Crippen LogP contribution is 2.38. The molecule has 0 heterocycles. The Hall–Kier alpha value is -2.29. The van der Waals surface area contributed by atoms with Gasteiger partial charge in [0.15, 0.2) is 0 Å². The lowest BCUT2D eigenvalue weighted by Crippen LogP contribution is -2.47. The smallest absolute Gasteiger partial charge is 0.306 e. The van der Waals surface area contributed by atoms with Gasteiger partial charge >= 0.3 is 5.97 Å². The van der Waals surface area contributed by atoms with Gasteiger partial charge in [0.2, 0.25) is 5.91 Å². The minimum atomic E-state index is -4.69. The van der Waals surface area contributed by atoms with Gasteiger partial charge < -0.3 is 28.5 Å². The van der Waals surface area contributed by atoms with E-state index in [-0.39, 0.29) is 24.9 Å². The number of carbonyl (C=O) groups excluding carboxylic acids is 2. The lowest BCUT2D eigenvalue weighted by atomic mass is 10.0. The third-order valence-electron chi connectivity index (χ3n) is 11.2. The number of likely N-dealkylation sites (N-methyl/N-ethyl adjacent to an activating group) is 1. The summed E-state index contributed by atoms with van der Waals surface area (Å²) in [6.45, 7) is 6.65. The molecule has 0 fully saturated rings. The van der Waals surface area contributed by atoms with Crippen molar-refractivity contribution in [2.24, 2.45) is 0 Å². The van der Waals surface area contributed by atoms with Crippen LogP contribution in [0.2, 0.25) is 0 Å². The summed E-state index contributed by atoms with van der Waals surface area (Å²) in [5, 5.41) is 2.99. The molecular weight excluding hydrogens is 820 g/mol. The third kappa shape index (κ3) is 44.9. The van der Waals surface area contributed by atoms with Crippen LogP contribution in [0.4, 0.5) is 0 Å². The van der Waals surface area contributed by atoms with Crippen LogP contribution in [-0.2, 0) is 27.9 Å². The molecule has 0 aliphatic heterocycles. The Morgan fingerprint density at radius 1 is 0.562 bits per heavy atom. The van der Waals surface area contributed by atoms with Gasteiger partial charge in [-0.05, 0) is 83.1 Å². The maximum absolute atomic E-state index is 13.4. The van der Waals surface area contributed by atoms with E-state index in [2.05, 4.69) is 74.7 Å². The number of phosphoric ester groups is 1. The van der Waals surface area contributed by atoms with Crippen LogP contribution in [0.1, 0.15) is 220 Å². The highest BCUT2D eigenvalue weighted by Gasteiger charge is 2.27. The van der Waals surface area contributed by atoms with Gasteiger partial charge in [-0.25, -0.2) is 0 Å². The number of hydrogen-bond donors (Lipinski definition) is 1. The van der Waals surface area contributed by atoms with Gasteiger partial charge in [0.1, 0.15) is 19.3 Å². The zero-order chi connectivity index (χ0) is 47.3. The summed E-state index contributed by atoms with van der Waals surface area (Å²) in [5.74, 6) is -0.582. The van der Waals surface area contributed by atoms with E-state index in [0.717, 1.165) is 109 Å². The first-order valence-electron chi connectivity index (χ1n) is 26.1. The van der Waals surface area contributed by atoms with Crippen molar-refractivity contribution in [3.05, 3.63) is 60.8 Å². The van der Waals surface area contributed by atoms with Gasteiger partial charge in [-0.1, -0.05) is 185 Å². The fourth-order valence-electron chi connectivity index (χ4n) is 7.10. The van der Waals surface area contributed by atoms with E-state index in [4.69, 9.17) is 13.8 Å². The number of amides is 1. The van der Waals surface area contributed by atoms with Crippen molar-refractivity contribution in [1.29, 1.82) is 0 Å². The summed E-state index contributed by atoms with van der Waals surface area (Å²) in [4.78, 5) is 39.6. The van der Waals surface area contributed by atoms with Crippen LogP contribution >= 0.6 is 7.82 Å². The van der Waals surface area contributed by atoms with Crippen molar-refractivity contribution < 1.29 is 37.3 Å². The van der Waals surface area contributed by atoms with Gasteiger partial charge in [0, 0.05) is 12.8 Å². The molecule has 1 N–H and O–H groups in total. The molecule has 0 aliphatic rings. The van der Waals surface area contributed by atoms with E-state index in [1.807, 2.05) is 33.3 Å². The zero-order valence-corrected chi connectivity index (χ0v) is 43.1.